The van der Waals surface area contributed by atoms with E-state index in [1.165, 1.54) is 0 Å². The molecule has 0 unspecified atom stereocenters. The molecule has 0 bridgehead atoms. The first kappa shape index (κ1) is 29.9. The molecule has 44 heavy (non-hydrogen) atoms. The minimum absolute atomic E-state index is 0.00600. The second-order valence-corrected chi connectivity index (χ2v) is 14.2. The van der Waals surface area contributed by atoms with Gasteiger partial charge >= 0.3 is 11.9 Å². The Morgan fingerprint density at radius 3 is 2.43 bits per heavy atom. The van der Waals surface area contributed by atoms with Crippen LogP contribution in [0.1, 0.15) is 87.5 Å². The number of alkyl halides is 1. The molecule has 3 saturated carbocycles. The lowest BCUT2D eigenvalue weighted by molar-refractivity contribution is -0.142. The van der Waals surface area contributed by atoms with Gasteiger partial charge in [-0.1, -0.05) is 0 Å². The van der Waals surface area contributed by atoms with E-state index >= 15 is 0 Å². The van der Waals surface area contributed by atoms with Crippen molar-refractivity contribution in [1.82, 2.24) is 9.05 Å². The number of amides is 2. The third kappa shape index (κ3) is 4.46. The Kier molecular flexibility index (Phi) is 7.61. The number of nitrogens with two attached hydrogens (primary N) is 2. The van der Waals surface area contributed by atoms with Crippen molar-refractivity contribution in [3.63, 3.8) is 0 Å². The van der Waals surface area contributed by atoms with E-state index in [1.54, 1.807) is 7.11 Å². The number of esters is 1. The minimum atomic E-state index is -0.674. The van der Waals surface area contributed by atoms with E-state index in [4.69, 9.17) is 20.9 Å². The van der Waals surface area contributed by atoms with Gasteiger partial charge in [0.2, 0.25) is 0 Å². The lowest BCUT2D eigenvalue weighted by atomic mass is 9.75. The number of hydrogen-bond acceptors (Lipinski definition) is 6. The molecule has 9 nitrogen and oxygen atoms in total. The molecule has 0 radical (unpaired) electrons. The summed E-state index contributed by atoms with van der Waals surface area (Å²) in [5.41, 5.74) is 14.0. The highest BCUT2D eigenvalue weighted by Crippen LogP contribution is 2.51. The third-order valence-electron chi connectivity index (χ3n) is 12.2. The number of likely N-dealkylation sites (tertiary alicyclic amines) is 1. The summed E-state index contributed by atoms with van der Waals surface area (Å²) in [6.45, 7) is -0.0488. The van der Waals surface area contributed by atoms with Crippen molar-refractivity contribution in [2.75, 3.05) is 20.3 Å². The Labute approximate surface area is 258 Å². The normalized spacial score (nSPS) is 35.3. The summed E-state index contributed by atoms with van der Waals surface area (Å²) < 4.78 is 26.7. The van der Waals surface area contributed by atoms with Crippen LogP contribution in [0.4, 0.5) is 10.1 Å². The zero-order valence-electron chi connectivity index (χ0n) is 25.7. The van der Waals surface area contributed by atoms with Gasteiger partial charge in [0.05, 0.1) is 24.1 Å². The van der Waals surface area contributed by atoms with Crippen LogP contribution in [-0.4, -0.2) is 60.9 Å². The molecule has 4 N–H and O–H groups in total. The fourth-order valence-electron chi connectivity index (χ4n) is 9.68. The van der Waals surface area contributed by atoms with Crippen molar-refractivity contribution in [2.45, 2.75) is 101 Å². The summed E-state index contributed by atoms with van der Waals surface area (Å²) >= 11 is 0. The van der Waals surface area contributed by atoms with Crippen LogP contribution in [0.5, 0.6) is 0 Å². The first-order chi connectivity index (χ1) is 21.2. The van der Waals surface area contributed by atoms with Crippen LogP contribution in [0.25, 0.3) is 10.9 Å². The number of quaternary nitrogens is 1. The number of carbonyl (C=O) groups excluding carboxylic acids is 3. The summed E-state index contributed by atoms with van der Waals surface area (Å²) in [7, 11) is 1.75. The molecule has 2 aliphatic heterocycles. The average Bonchev–Trinajstić information content (AvgIpc) is 3.70. The number of ether oxygens (including phenoxy) is 2. The second kappa shape index (κ2) is 11.2. The fraction of sp³-hybridized carbons (Fsp3) is 0.676. The molecule has 238 valence electrons. The number of nitrogens with zero attached hydrogens (tertiary/aromatic N) is 2. The number of benzene rings is 1. The molecule has 4 atom stereocenters. The van der Waals surface area contributed by atoms with Crippen molar-refractivity contribution in [3.05, 3.63) is 30.0 Å². The van der Waals surface area contributed by atoms with Crippen molar-refractivity contribution in [3.8, 4) is 0 Å². The van der Waals surface area contributed by atoms with Gasteiger partial charge in [-0.2, -0.15) is 0 Å². The van der Waals surface area contributed by atoms with Gasteiger partial charge in [0.1, 0.15) is 18.1 Å². The van der Waals surface area contributed by atoms with Gasteiger partial charge in [-0.05, 0) is 81.8 Å². The van der Waals surface area contributed by atoms with Crippen molar-refractivity contribution < 1.29 is 28.2 Å². The Bertz CT molecular complexity index is 1450. The average molecular weight is 610 g/mol. The van der Waals surface area contributed by atoms with Gasteiger partial charge < -0.3 is 20.9 Å². The zero-order valence-corrected chi connectivity index (χ0v) is 25.7. The van der Waals surface area contributed by atoms with Crippen LogP contribution >= 0.6 is 0 Å². The molecular formula is C34H46FN4O5+. The number of fused-ring (bicyclic) bond motifs is 4. The lowest BCUT2D eigenvalue weighted by Gasteiger charge is -2.42. The van der Waals surface area contributed by atoms with Gasteiger partial charge in [-0.15, -0.1) is 0 Å². The molecule has 1 aromatic carbocycles. The molecule has 1 aromatic heterocycles. The molecule has 5 aliphatic rings. The van der Waals surface area contributed by atoms with Crippen LogP contribution in [-0.2, 0) is 24.8 Å². The molecule has 7 rings (SSSR count). The standard InChI is InChI=1S/C34H45FN4O5/c1-43-25-10-7-20(8-11-25)26-13-16-39(30(26)31(37)40,32(41)22-5-3-21(4-6-22)27(36)19-35)24-9-12-28-23(17-24)18-29-33(42)44-34(38(28)29)14-2-15-34/h9,12,17-18,20-22,25-27,30H,2-8,10-11,13-16,19,36H2,1H3,(H-,37,40)/p+1/t20?,21?,22?,25?,26-,27+,30-,39+/m0/s1. The number of carbonyl (C=O) groups is 3. The number of rotatable bonds is 7. The van der Waals surface area contributed by atoms with E-state index in [9.17, 15) is 18.8 Å². The van der Waals surface area contributed by atoms with Crippen LogP contribution in [0, 0.1) is 23.7 Å². The lowest BCUT2D eigenvalue weighted by Crippen LogP contribution is -2.65. The molecule has 2 aromatic rings. The third-order valence-corrected chi connectivity index (χ3v) is 12.2. The smallest absolute Gasteiger partial charge is 0.357 e. The maximum atomic E-state index is 15.0. The van der Waals surface area contributed by atoms with E-state index in [0.29, 0.717) is 43.8 Å². The summed E-state index contributed by atoms with van der Waals surface area (Å²) in [5, 5.41) is 0.871. The maximum Gasteiger partial charge on any atom is 0.357 e. The highest BCUT2D eigenvalue weighted by Gasteiger charge is 2.61. The molecule has 10 heteroatoms. The largest absolute Gasteiger partial charge is 0.434 e. The van der Waals surface area contributed by atoms with Gasteiger partial charge in [0.25, 0.3) is 5.91 Å². The molecule has 1 spiro atoms. The minimum Gasteiger partial charge on any atom is -0.434 e. The Hall–Kier alpha value is -2.82. The quantitative estimate of drug-likeness (QED) is 0.347. The van der Waals surface area contributed by atoms with E-state index in [2.05, 4.69) is 0 Å². The molecule has 4 fully saturated rings. The summed E-state index contributed by atoms with van der Waals surface area (Å²) in [6.07, 6.45) is 9.99. The van der Waals surface area contributed by atoms with E-state index in [-0.39, 0.29) is 40.2 Å². The summed E-state index contributed by atoms with van der Waals surface area (Å²) in [5.74, 6) is -0.618. The monoisotopic (exact) mass is 609 g/mol. The van der Waals surface area contributed by atoms with Crippen LogP contribution in [0.3, 0.4) is 0 Å². The Morgan fingerprint density at radius 1 is 1.09 bits per heavy atom. The predicted octanol–water partition coefficient (Wildman–Crippen LogP) is 4.66. The Morgan fingerprint density at radius 2 is 1.82 bits per heavy atom. The summed E-state index contributed by atoms with van der Waals surface area (Å²) in [6, 6.07) is 6.69. The molecule has 1 saturated heterocycles. The van der Waals surface area contributed by atoms with Crippen molar-refractivity contribution in [2.24, 2.45) is 35.1 Å². The van der Waals surface area contributed by atoms with E-state index in [0.717, 1.165) is 68.0 Å². The number of halogens is 1. The van der Waals surface area contributed by atoms with E-state index in [1.807, 2.05) is 28.8 Å². The molecular weight excluding hydrogens is 563 g/mol. The second-order valence-electron chi connectivity index (χ2n) is 14.2. The van der Waals surface area contributed by atoms with E-state index < -0.39 is 30.4 Å². The van der Waals surface area contributed by atoms with Gasteiger partial charge in [0.15, 0.2) is 11.8 Å². The van der Waals surface area contributed by atoms with Crippen LogP contribution < -0.4 is 16.0 Å². The van der Waals surface area contributed by atoms with Gasteiger partial charge in [-0.25, -0.2) is 18.5 Å². The number of hydrogen-bond donors (Lipinski definition) is 2. The molecule has 2 amide bonds. The maximum absolute atomic E-state index is 15.0. The first-order valence-corrected chi connectivity index (χ1v) is 16.7. The Balaban J connectivity index is 1.29. The van der Waals surface area contributed by atoms with Gasteiger partial charge in [0, 0.05) is 55.9 Å². The predicted molar refractivity (Wildman–Crippen MR) is 164 cm³/mol. The highest BCUT2D eigenvalue weighted by molar-refractivity contribution is 6.02. The summed E-state index contributed by atoms with van der Waals surface area (Å²) in [4.78, 5) is 41.4. The van der Waals surface area contributed by atoms with Crippen LogP contribution in [0.2, 0.25) is 0 Å². The van der Waals surface area contributed by atoms with Crippen LogP contribution in [0.15, 0.2) is 24.3 Å². The van der Waals surface area contributed by atoms with Gasteiger partial charge in [-0.3, -0.25) is 9.36 Å². The highest BCUT2D eigenvalue weighted by atomic mass is 19.1. The number of methoxy groups -OCH3 is 1. The molecule has 3 aliphatic carbocycles. The number of primary amides is 1. The van der Waals surface area contributed by atoms with Crippen molar-refractivity contribution >= 4 is 34.4 Å². The molecule has 3 heterocycles. The van der Waals surface area contributed by atoms with Crippen molar-refractivity contribution in [1.29, 1.82) is 0 Å². The number of aromatic nitrogens is 1. The fourth-order valence-corrected chi connectivity index (χ4v) is 9.68. The SMILES string of the molecule is COC1CCC([C@@H]2CC[N@@+](C(=O)C3CCC([C@H](N)CF)CC3)(c3ccc4c(c3)cc3n4C4(CCC4)OC3=O)[C@@H]2C(N)=O)CC1. The first-order valence-electron chi connectivity index (χ1n) is 16.7. The zero-order chi connectivity index (χ0) is 30.8. The topological polar surface area (TPSA) is 127 Å².